The van der Waals surface area contributed by atoms with Crippen LogP contribution in [0.25, 0.3) is 0 Å². The summed E-state index contributed by atoms with van der Waals surface area (Å²) in [5.74, 6) is -0.919. The van der Waals surface area contributed by atoms with Gasteiger partial charge in [0.15, 0.2) is 0 Å². The van der Waals surface area contributed by atoms with Crippen LogP contribution in [-0.4, -0.2) is 52.4 Å². The largest absolute Gasteiger partial charge is 0.443 e. The molecule has 0 aromatic carbocycles. The van der Waals surface area contributed by atoms with E-state index in [1.807, 2.05) is 0 Å². The fourth-order valence-corrected chi connectivity index (χ4v) is 2.58. The van der Waals surface area contributed by atoms with E-state index in [9.17, 15) is 19.6 Å². The molecule has 0 aliphatic rings. The van der Waals surface area contributed by atoms with Crippen molar-refractivity contribution in [3.63, 3.8) is 0 Å². The van der Waals surface area contributed by atoms with Gasteiger partial charge in [-0.05, 0) is 33.6 Å². The third kappa shape index (κ3) is 12.2. The van der Waals surface area contributed by atoms with E-state index >= 15 is 0 Å². The van der Waals surface area contributed by atoms with Crippen LogP contribution in [0.3, 0.4) is 0 Å². The lowest BCUT2D eigenvalue weighted by Crippen LogP contribution is -2.51. The molecule has 27 heavy (non-hydrogen) atoms. The Hall–Kier alpha value is -1.83. The van der Waals surface area contributed by atoms with Gasteiger partial charge in [0, 0.05) is 6.54 Å². The first kappa shape index (κ1) is 25.2. The van der Waals surface area contributed by atoms with Crippen molar-refractivity contribution in [1.29, 1.82) is 0 Å². The number of carbonyl (C=O) groups is 3. The first-order chi connectivity index (χ1) is 12.6. The molecule has 0 saturated carbocycles. The van der Waals surface area contributed by atoms with Gasteiger partial charge in [-0.3, -0.25) is 19.8 Å². The van der Waals surface area contributed by atoms with Gasteiger partial charge in [0.05, 0.1) is 12.5 Å². The van der Waals surface area contributed by atoms with Gasteiger partial charge in [-0.2, -0.15) is 0 Å². The van der Waals surface area contributed by atoms with Crippen molar-refractivity contribution in [3.8, 4) is 0 Å². The van der Waals surface area contributed by atoms with Crippen molar-refractivity contribution in [2.24, 2.45) is 5.92 Å². The van der Waals surface area contributed by atoms with E-state index in [1.54, 1.807) is 20.8 Å². The van der Waals surface area contributed by atoms with Crippen LogP contribution in [0.5, 0.6) is 0 Å². The Bertz CT molecular complexity index is 451. The van der Waals surface area contributed by atoms with Gasteiger partial charge in [-0.1, -0.05) is 46.0 Å². The highest BCUT2D eigenvalue weighted by atomic mass is 16.6. The van der Waals surface area contributed by atoms with Gasteiger partial charge in [0.25, 0.3) is 0 Å². The number of carbonyl (C=O) groups excluding carboxylic acids is 3. The van der Waals surface area contributed by atoms with Crippen molar-refractivity contribution < 1.29 is 24.3 Å². The molecule has 0 radical (unpaired) electrons. The average molecular weight is 388 g/mol. The first-order valence-corrected chi connectivity index (χ1v) is 9.86. The van der Waals surface area contributed by atoms with Gasteiger partial charge in [-0.15, -0.1) is 0 Å². The quantitative estimate of drug-likeness (QED) is 0.231. The zero-order chi connectivity index (χ0) is 20.9. The molecule has 0 aliphatic heterocycles. The minimum atomic E-state index is -0.698. The molecule has 3 amide bonds. The maximum Gasteiger partial charge on any atom is 0.426 e. The monoisotopic (exact) mass is 387 g/mol. The van der Waals surface area contributed by atoms with Gasteiger partial charge < -0.3 is 4.74 Å². The summed E-state index contributed by atoms with van der Waals surface area (Å²) in [5.41, 5.74) is 1.85. The van der Waals surface area contributed by atoms with E-state index in [0.29, 0.717) is 18.0 Å². The SMILES string of the molecule is CCCCCC(CN(O)C=O)C(=O)N(CCCCC)NC(=O)OC(C)(C)C. The van der Waals surface area contributed by atoms with E-state index in [0.717, 1.165) is 38.5 Å². The highest BCUT2D eigenvalue weighted by Crippen LogP contribution is 2.15. The van der Waals surface area contributed by atoms with Crippen LogP contribution >= 0.6 is 0 Å². The molecule has 0 aliphatic carbocycles. The number of amides is 3. The topological polar surface area (TPSA) is 99.2 Å². The minimum absolute atomic E-state index is 0.105. The molecule has 158 valence electrons. The summed E-state index contributed by atoms with van der Waals surface area (Å²) in [6.07, 6.45) is 5.48. The Morgan fingerprint density at radius 1 is 1.11 bits per heavy atom. The van der Waals surface area contributed by atoms with Gasteiger partial charge >= 0.3 is 6.09 Å². The third-order valence-corrected chi connectivity index (χ3v) is 3.91. The van der Waals surface area contributed by atoms with E-state index in [2.05, 4.69) is 19.3 Å². The number of unbranched alkanes of at least 4 members (excludes halogenated alkanes) is 4. The Morgan fingerprint density at radius 2 is 1.70 bits per heavy atom. The van der Waals surface area contributed by atoms with Gasteiger partial charge in [-0.25, -0.2) is 15.3 Å². The van der Waals surface area contributed by atoms with Crippen LogP contribution < -0.4 is 5.43 Å². The van der Waals surface area contributed by atoms with E-state index in [4.69, 9.17) is 4.74 Å². The molecule has 0 bridgehead atoms. The standard InChI is InChI=1S/C19H37N3O5/c1-6-8-10-12-16(14-21(26)15-23)17(24)22(13-11-9-7-2)20-18(25)27-19(3,4)5/h15-16,26H,6-14H2,1-5H3,(H,20,25). The summed E-state index contributed by atoms with van der Waals surface area (Å²) in [7, 11) is 0. The molecule has 2 N–H and O–H groups in total. The molecule has 8 heteroatoms. The van der Waals surface area contributed by atoms with Crippen molar-refractivity contribution in [2.75, 3.05) is 13.1 Å². The van der Waals surface area contributed by atoms with Crippen molar-refractivity contribution in [2.45, 2.75) is 85.2 Å². The minimum Gasteiger partial charge on any atom is -0.443 e. The molecule has 0 spiro atoms. The Balaban J connectivity index is 5.17. The van der Waals surface area contributed by atoms with E-state index in [1.165, 1.54) is 5.01 Å². The molecule has 0 fully saturated rings. The molecular weight excluding hydrogens is 350 g/mol. The number of ether oxygens (including phenoxy) is 1. The molecule has 8 nitrogen and oxygen atoms in total. The van der Waals surface area contributed by atoms with Crippen molar-refractivity contribution in [1.82, 2.24) is 15.5 Å². The van der Waals surface area contributed by atoms with Crippen LogP contribution in [0.4, 0.5) is 4.79 Å². The van der Waals surface area contributed by atoms with E-state index < -0.39 is 17.6 Å². The Labute approximate surface area is 163 Å². The van der Waals surface area contributed by atoms with Crippen LogP contribution in [0.1, 0.15) is 79.6 Å². The Morgan fingerprint density at radius 3 is 2.22 bits per heavy atom. The zero-order valence-electron chi connectivity index (χ0n) is 17.5. The molecule has 1 unspecified atom stereocenters. The summed E-state index contributed by atoms with van der Waals surface area (Å²) in [5, 5.41) is 11.3. The fraction of sp³-hybridized carbons (Fsp3) is 0.842. The van der Waals surface area contributed by atoms with Crippen molar-refractivity contribution in [3.05, 3.63) is 0 Å². The maximum absolute atomic E-state index is 13.0. The summed E-state index contributed by atoms with van der Waals surface area (Å²) < 4.78 is 5.25. The van der Waals surface area contributed by atoms with Gasteiger partial charge in [0.1, 0.15) is 5.60 Å². The van der Waals surface area contributed by atoms with Crippen molar-refractivity contribution >= 4 is 18.4 Å². The number of hydroxylamine groups is 2. The number of rotatable bonds is 12. The predicted molar refractivity (Wildman–Crippen MR) is 103 cm³/mol. The average Bonchev–Trinajstić information content (AvgIpc) is 2.58. The highest BCUT2D eigenvalue weighted by Gasteiger charge is 2.28. The van der Waals surface area contributed by atoms with Crippen LogP contribution in [0.2, 0.25) is 0 Å². The second kappa shape index (κ2) is 13.4. The second-order valence-electron chi connectivity index (χ2n) is 7.73. The number of hydrazine groups is 1. The summed E-state index contributed by atoms with van der Waals surface area (Å²) >= 11 is 0. The number of hydrogen-bond donors (Lipinski definition) is 2. The predicted octanol–water partition coefficient (Wildman–Crippen LogP) is 3.49. The normalized spacial score (nSPS) is 12.2. The van der Waals surface area contributed by atoms with E-state index in [-0.39, 0.29) is 18.9 Å². The van der Waals surface area contributed by atoms with Crippen LogP contribution in [-0.2, 0) is 14.3 Å². The van der Waals surface area contributed by atoms with Crippen LogP contribution in [0, 0.1) is 5.92 Å². The molecular formula is C19H37N3O5. The number of nitrogens with zero attached hydrogens (tertiary/aromatic N) is 2. The van der Waals surface area contributed by atoms with Gasteiger partial charge in [0.2, 0.25) is 12.3 Å². The molecule has 0 aromatic heterocycles. The molecule has 0 aromatic rings. The lowest BCUT2D eigenvalue weighted by atomic mass is 9.99. The second-order valence-corrected chi connectivity index (χ2v) is 7.73. The summed E-state index contributed by atoms with van der Waals surface area (Å²) in [6.45, 7) is 9.59. The summed E-state index contributed by atoms with van der Waals surface area (Å²) in [6, 6.07) is 0. The highest BCUT2D eigenvalue weighted by molar-refractivity contribution is 5.81. The molecule has 0 heterocycles. The smallest absolute Gasteiger partial charge is 0.426 e. The number of nitrogens with one attached hydrogen (secondary N) is 1. The fourth-order valence-electron chi connectivity index (χ4n) is 2.58. The van der Waals surface area contributed by atoms with Crippen LogP contribution in [0.15, 0.2) is 0 Å². The molecule has 0 rings (SSSR count). The number of hydrogen-bond acceptors (Lipinski definition) is 5. The zero-order valence-corrected chi connectivity index (χ0v) is 17.5. The molecule has 0 saturated heterocycles. The Kier molecular flexibility index (Phi) is 12.5. The lowest BCUT2D eigenvalue weighted by Gasteiger charge is -2.30. The maximum atomic E-state index is 13.0. The first-order valence-electron chi connectivity index (χ1n) is 9.86. The lowest BCUT2D eigenvalue weighted by molar-refractivity contribution is -0.158. The molecule has 1 atom stereocenters. The third-order valence-electron chi connectivity index (χ3n) is 3.91. The summed E-state index contributed by atoms with van der Waals surface area (Å²) in [4.78, 5) is 35.9.